The van der Waals surface area contributed by atoms with Crippen LogP contribution in [0.2, 0.25) is 0 Å². The van der Waals surface area contributed by atoms with E-state index in [0.717, 1.165) is 28.9 Å². The lowest BCUT2D eigenvalue weighted by Gasteiger charge is -2.24. The normalized spacial score (nSPS) is 16.6. The van der Waals surface area contributed by atoms with Gasteiger partial charge in [-0.25, -0.2) is 4.68 Å². The number of anilines is 1. The van der Waals surface area contributed by atoms with Crippen LogP contribution in [0.3, 0.4) is 0 Å². The van der Waals surface area contributed by atoms with Gasteiger partial charge in [-0.15, -0.1) is 11.8 Å². The third kappa shape index (κ3) is 5.30. The molecule has 3 heterocycles. The molecule has 0 aliphatic carbocycles. The molecular weight excluding hydrogens is 516 g/mol. The lowest BCUT2D eigenvalue weighted by molar-refractivity contribution is -0.122. The van der Waals surface area contributed by atoms with Gasteiger partial charge in [0.25, 0.3) is 0 Å². The van der Waals surface area contributed by atoms with E-state index in [-0.39, 0.29) is 41.6 Å². The monoisotopic (exact) mass is 550 g/mol. The quantitative estimate of drug-likeness (QED) is 0.459. The number of benzene rings is 2. The SMILES string of the molecule is CCCNC(=O)CN1C(=O)CSC(c2ccc3c(c2)OCO3)c2c(C(C)(C)C)nn(-c3ccc(OC)cc3)c21. The van der Waals surface area contributed by atoms with Crippen LogP contribution >= 0.6 is 11.8 Å². The molecule has 39 heavy (non-hydrogen) atoms. The average Bonchev–Trinajstić information content (AvgIpc) is 3.52. The number of hydrogen-bond acceptors (Lipinski definition) is 7. The summed E-state index contributed by atoms with van der Waals surface area (Å²) in [6.45, 7) is 8.97. The first-order valence-electron chi connectivity index (χ1n) is 13.1. The summed E-state index contributed by atoms with van der Waals surface area (Å²) in [5.74, 6) is 2.56. The summed E-state index contributed by atoms with van der Waals surface area (Å²) in [6.07, 6.45) is 0.810. The third-order valence-electron chi connectivity index (χ3n) is 6.69. The van der Waals surface area contributed by atoms with Crippen LogP contribution in [0.15, 0.2) is 42.5 Å². The predicted molar refractivity (Wildman–Crippen MR) is 151 cm³/mol. The first kappa shape index (κ1) is 26.9. The zero-order chi connectivity index (χ0) is 27.7. The van der Waals surface area contributed by atoms with Crippen molar-refractivity contribution < 1.29 is 23.8 Å². The number of aromatic nitrogens is 2. The minimum Gasteiger partial charge on any atom is -0.497 e. The van der Waals surface area contributed by atoms with Crippen LogP contribution < -0.4 is 24.4 Å². The van der Waals surface area contributed by atoms with Gasteiger partial charge in [0.1, 0.15) is 18.1 Å². The highest BCUT2D eigenvalue weighted by Gasteiger charge is 2.40. The molecule has 0 saturated heterocycles. The Labute approximate surface area is 232 Å². The van der Waals surface area contributed by atoms with Gasteiger partial charge in [-0.2, -0.15) is 5.10 Å². The fourth-order valence-electron chi connectivity index (χ4n) is 4.78. The molecule has 1 N–H and O–H groups in total. The van der Waals surface area contributed by atoms with Gasteiger partial charge in [-0.3, -0.25) is 14.5 Å². The van der Waals surface area contributed by atoms with Crippen molar-refractivity contribution in [1.82, 2.24) is 15.1 Å². The smallest absolute Gasteiger partial charge is 0.240 e. The van der Waals surface area contributed by atoms with Gasteiger partial charge < -0.3 is 19.5 Å². The fraction of sp³-hybridized carbons (Fsp3) is 0.414. The van der Waals surface area contributed by atoms with Gasteiger partial charge in [-0.1, -0.05) is 33.8 Å². The molecule has 0 saturated carbocycles. The number of carbonyl (C=O) groups is 2. The summed E-state index contributed by atoms with van der Waals surface area (Å²) in [5.41, 5.74) is 3.18. The zero-order valence-corrected chi connectivity index (χ0v) is 23.8. The number of rotatable bonds is 7. The molecule has 9 nitrogen and oxygen atoms in total. The molecule has 10 heteroatoms. The highest BCUT2D eigenvalue weighted by atomic mass is 32.2. The first-order valence-corrected chi connectivity index (χ1v) is 14.1. The Morgan fingerprint density at radius 2 is 1.90 bits per heavy atom. The third-order valence-corrected chi connectivity index (χ3v) is 7.94. The highest BCUT2D eigenvalue weighted by Crippen LogP contribution is 2.49. The Hall–Kier alpha value is -3.66. The molecule has 1 atom stereocenters. The molecule has 206 valence electrons. The summed E-state index contributed by atoms with van der Waals surface area (Å²) < 4.78 is 18.4. The lowest BCUT2D eigenvalue weighted by atomic mass is 9.87. The van der Waals surface area contributed by atoms with Crippen molar-refractivity contribution in [3.05, 3.63) is 59.3 Å². The molecule has 0 bridgehead atoms. The van der Waals surface area contributed by atoms with Gasteiger partial charge in [0.2, 0.25) is 18.6 Å². The molecule has 2 aliphatic rings. The van der Waals surface area contributed by atoms with Crippen LogP contribution in [0.4, 0.5) is 5.82 Å². The number of fused-ring (bicyclic) bond motifs is 2. The standard InChI is InChI=1S/C29H34N4O5S/c1-6-13-30-23(34)15-32-24(35)16-39-26(18-7-12-21-22(14-18)38-17-37-21)25-27(29(2,3)4)31-33(28(25)32)19-8-10-20(36-5)11-9-19/h7-12,14,26H,6,13,15-17H2,1-5H3,(H,30,34). The van der Waals surface area contributed by atoms with E-state index < -0.39 is 0 Å². The molecule has 2 aromatic carbocycles. The van der Waals surface area contributed by atoms with Gasteiger partial charge in [0, 0.05) is 17.5 Å². The fourth-order valence-corrected chi connectivity index (χ4v) is 5.97. The van der Waals surface area contributed by atoms with E-state index in [2.05, 4.69) is 26.1 Å². The Bertz CT molecular complexity index is 1380. The molecule has 2 aliphatic heterocycles. The van der Waals surface area contributed by atoms with E-state index in [1.54, 1.807) is 16.7 Å². The van der Waals surface area contributed by atoms with Crippen molar-refractivity contribution in [1.29, 1.82) is 0 Å². The van der Waals surface area contributed by atoms with Crippen molar-refractivity contribution in [3.8, 4) is 22.9 Å². The largest absolute Gasteiger partial charge is 0.497 e. The Balaban J connectivity index is 1.73. The topological polar surface area (TPSA) is 94.9 Å². The Kier molecular flexibility index (Phi) is 7.48. The molecule has 5 rings (SSSR count). The Morgan fingerprint density at radius 1 is 1.15 bits per heavy atom. The molecule has 0 radical (unpaired) electrons. The van der Waals surface area contributed by atoms with Crippen molar-refractivity contribution in [3.63, 3.8) is 0 Å². The number of nitrogens with one attached hydrogen (secondary N) is 1. The number of ether oxygens (including phenoxy) is 3. The maximum atomic E-state index is 13.7. The van der Waals surface area contributed by atoms with Gasteiger partial charge in [-0.05, 0) is 48.4 Å². The maximum Gasteiger partial charge on any atom is 0.240 e. The molecule has 1 aromatic heterocycles. The second-order valence-electron chi connectivity index (χ2n) is 10.6. The first-order chi connectivity index (χ1) is 18.7. The molecular formula is C29H34N4O5S. The van der Waals surface area contributed by atoms with E-state index in [0.29, 0.717) is 29.6 Å². The number of methoxy groups -OCH3 is 1. The minimum atomic E-state index is -0.347. The van der Waals surface area contributed by atoms with Crippen molar-refractivity contribution in [2.24, 2.45) is 0 Å². The second-order valence-corrected chi connectivity index (χ2v) is 11.7. The van der Waals surface area contributed by atoms with Crippen LogP contribution in [0, 0.1) is 0 Å². The summed E-state index contributed by atoms with van der Waals surface area (Å²) >= 11 is 1.53. The maximum absolute atomic E-state index is 13.7. The number of carbonyl (C=O) groups excluding carboxylic acids is 2. The molecule has 0 fully saturated rings. The van der Waals surface area contributed by atoms with Crippen LogP contribution in [-0.2, 0) is 15.0 Å². The van der Waals surface area contributed by atoms with Crippen LogP contribution in [0.1, 0.15) is 56.2 Å². The second kappa shape index (κ2) is 10.8. The average molecular weight is 551 g/mol. The summed E-state index contributed by atoms with van der Waals surface area (Å²) in [5, 5.41) is 7.81. The predicted octanol–water partition coefficient (Wildman–Crippen LogP) is 4.60. The molecule has 3 aromatic rings. The van der Waals surface area contributed by atoms with E-state index in [4.69, 9.17) is 19.3 Å². The number of nitrogens with zero attached hydrogens (tertiary/aromatic N) is 3. The van der Waals surface area contributed by atoms with E-state index in [1.807, 2.05) is 49.4 Å². The van der Waals surface area contributed by atoms with Crippen LogP contribution in [0.5, 0.6) is 17.2 Å². The van der Waals surface area contributed by atoms with Crippen molar-refractivity contribution >= 4 is 29.4 Å². The molecule has 0 spiro atoms. The van der Waals surface area contributed by atoms with Gasteiger partial charge in [0.05, 0.1) is 29.5 Å². The lowest BCUT2D eigenvalue weighted by Crippen LogP contribution is -2.42. The van der Waals surface area contributed by atoms with E-state index in [1.165, 1.54) is 11.8 Å². The van der Waals surface area contributed by atoms with Crippen LogP contribution in [-0.4, -0.2) is 54.3 Å². The van der Waals surface area contributed by atoms with E-state index >= 15 is 0 Å². The minimum absolute atomic E-state index is 0.0916. The highest BCUT2D eigenvalue weighted by molar-refractivity contribution is 8.00. The number of hydrogen-bond donors (Lipinski definition) is 1. The number of thioether (sulfide) groups is 1. The van der Waals surface area contributed by atoms with Crippen molar-refractivity contribution in [2.75, 3.05) is 37.6 Å². The summed E-state index contributed by atoms with van der Waals surface area (Å²) in [7, 11) is 1.62. The van der Waals surface area contributed by atoms with Gasteiger partial charge >= 0.3 is 0 Å². The summed E-state index contributed by atoms with van der Waals surface area (Å²) in [6, 6.07) is 13.4. The van der Waals surface area contributed by atoms with E-state index in [9.17, 15) is 9.59 Å². The molecule has 1 unspecified atom stereocenters. The van der Waals surface area contributed by atoms with Crippen molar-refractivity contribution in [2.45, 2.75) is 44.8 Å². The summed E-state index contributed by atoms with van der Waals surface area (Å²) in [4.78, 5) is 28.3. The molecule has 2 amide bonds. The number of amides is 2. The Morgan fingerprint density at radius 3 is 2.59 bits per heavy atom. The zero-order valence-electron chi connectivity index (χ0n) is 22.9. The van der Waals surface area contributed by atoms with Crippen LogP contribution in [0.25, 0.3) is 5.69 Å². The van der Waals surface area contributed by atoms with Gasteiger partial charge in [0.15, 0.2) is 11.5 Å².